The fourth-order valence-electron chi connectivity index (χ4n) is 2.39. The lowest BCUT2D eigenvalue weighted by Gasteiger charge is -2.09. The van der Waals surface area contributed by atoms with Crippen molar-refractivity contribution in [3.8, 4) is 6.07 Å². The molecule has 0 unspecified atom stereocenters. The molecule has 0 aromatic heterocycles. The van der Waals surface area contributed by atoms with Gasteiger partial charge in [-0.15, -0.1) is 0 Å². The van der Waals surface area contributed by atoms with Gasteiger partial charge in [0.15, 0.2) is 0 Å². The van der Waals surface area contributed by atoms with Gasteiger partial charge >= 0.3 is 0 Å². The van der Waals surface area contributed by atoms with E-state index < -0.39 is 0 Å². The summed E-state index contributed by atoms with van der Waals surface area (Å²) in [5.74, 6) is 0. The first kappa shape index (κ1) is 13.9. The molecule has 0 amide bonds. The van der Waals surface area contributed by atoms with Gasteiger partial charge in [0.25, 0.3) is 0 Å². The molecule has 0 N–H and O–H groups in total. The first-order chi connectivity index (χ1) is 10.9. The standard InChI is InChI=1S/C21H15N/c22-16-18-11-13-20(14-12-18)21(19-9-5-2-6-10-19)15-17-7-3-1-4-8-17/h1-15H/b21-15+. The number of rotatable bonds is 3. The molecule has 104 valence electrons. The topological polar surface area (TPSA) is 23.8 Å². The van der Waals surface area contributed by atoms with Crippen LogP contribution in [0.3, 0.4) is 0 Å². The Kier molecular flexibility index (Phi) is 4.13. The van der Waals surface area contributed by atoms with E-state index in [2.05, 4.69) is 36.4 Å². The molecule has 0 heterocycles. The smallest absolute Gasteiger partial charge is 0.0991 e. The molecule has 3 aromatic rings. The van der Waals surface area contributed by atoms with Crippen molar-refractivity contribution in [1.29, 1.82) is 5.26 Å². The van der Waals surface area contributed by atoms with E-state index in [4.69, 9.17) is 5.26 Å². The predicted octanol–water partition coefficient (Wildman–Crippen LogP) is 5.15. The number of nitrogens with zero attached hydrogens (tertiary/aromatic N) is 1. The zero-order valence-electron chi connectivity index (χ0n) is 12.1. The fourth-order valence-corrected chi connectivity index (χ4v) is 2.39. The van der Waals surface area contributed by atoms with E-state index in [0.717, 1.165) is 22.3 Å². The molecule has 3 rings (SSSR count). The van der Waals surface area contributed by atoms with E-state index in [1.54, 1.807) is 0 Å². The molecule has 0 fully saturated rings. The van der Waals surface area contributed by atoms with E-state index in [-0.39, 0.29) is 0 Å². The highest BCUT2D eigenvalue weighted by atomic mass is 14.2. The van der Waals surface area contributed by atoms with E-state index in [1.165, 1.54) is 0 Å². The first-order valence-electron chi connectivity index (χ1n) is 7.19. The Balaban J connectivity index is 2.11. The lowest BCUT2D eigenvalue weighted by molar-refractivity contribution is 1.47. The third-order valence-corrected chi connectivity index (χ3v) is 3.52. The van der Waals surface area contributed by atoms with E-state index in [1.807, 2.05) is 60.7 Å². The molecule has 22 heavy (non-hydrogen) atoms. The Bertz CT molecular complexity index is 807. The molecule has 1 heteroatoms. The van der Waals surface area contributed by atoms with Crippen molar-refractivity contribution in [2.24, 2.45) is 0 Å². The average Bonchev–Trinajstić information content (AvgIpc) is 2.61. The van der Waals surface area contributed by atoms with Gasteiger partial charge < -0.3 is 0 Å². The third kappa shape index (κ3) is 3.13. The van der Waals surface area contributed by atoms with Crippen LogP contribution in [0, 0.1) is 11.3 Å². The highest BCUT2D eigenvalue weighted by Crippen LogP contribution is 2.26. The molecule has 0 atom stereocenters. The number of benzene rings is 3. The summed E-state index contributed by atoms with van der Waals surface area (Å²) >= 11 is 0. The minimum absolute atomic E-state index is 0.677. The van der Waals surface area contributed by atoms with Crippen molar-refractivity contribution >= 4 is 11.6 Å². The molecule has 0 aliphatic heterocycles. The van der Waals surface area contributed by atoms with Crippen LogP contribution in [-0.2, 0) is 0 Å². The van der Waals surface area contributed by atoms with Crippen molar-refractivity contribution in [2.75, 3.05) is 0 Å². The number of hydrogen-bond donors (Lipinski definition) is 0. The summed E-state index contributed by atoms with van der Waals surface area (Å²) in [5, 5.41) is 8.95. The molecule has 0 radical (unpaired) electrons. The molecular formula is C21H15N. The van der Waals surface area contributed by atoms with Crippen LogP contribution in [0.25, 0.3) is 11.6 Å². The second-order valence-electron chi connectivity index (χ2n) is 5.02. The Hall–Kier alpha value is -3.11. The molecule has 0 saturated heterocycles. The van der Waals surface area contributed by atoms with Crippen LogP contribution in [0.15, 0.2) is 84.9 Å². The van der Waals surface area contributed by atoms with Gasteiger partial charge in [-0.2, -0.15) is 5.26 Å². The second kappa shape index (κ2) is 6.56. The molecular weight excluding hydrogens is 266 g/mol. The van der Waals surface area contributed by atoms with Crippen LogP contribution in [0.5, 0.6) is 0 Å². The fraction of sp³-hybridized carbons (Fsp3) is 0. The lowest BCUT2D eigenvalue weighted by atomic mass is 9.95. The maximum absolute atomic E-state index is 8.95. The predicted molar refractivity (Wildman–Crippen MR) is 91.0 cm³/mol. The monoisotopic (exact) mass is 281 g/mol. The van der Waals surface area contributed by atoms with Gasteiger partial charge in [0.1, 0.15) is 0 Å². The minimum atomic E-state index is 0.677. The van der Waals surface area contributed by atoms with Gasteiger partial charge in [0, 0.05) is 0 Å². The summed E-state index contributed by atoms with van der Waals surface area (Å²) in [6.07, 6.45) is 2.18. The molecule has 0 spiro atoms. The van der Waals surface area contributed by atoms with E-state index in [9.17, 15) is 0 Å². The molecule has 3 aromatic carbocycles. The van der Waals surface area contributed by atoms with Crippen LogP contribution < -0.4 is 0 Å². The van der Waals surface area contributed by atoms with Crippen LogP contribution in [0.4, 0.5) is 0 Å². The lowest BCUT2D eigenvalue weighted by Crippen LogP contribution is -1.88. The zero-order valence-corrected chi connectivity index (χ0v) is 12.1. The average molecular weight is 281 g/mol. The van der Waals surface area contributed by atoms with Crippen molar-refractivity contribution in [1.82, 2.24) is 0 Å². The van der Waals surface area contributed by atoms with Gasteiger partial charge in [0.2, 0.25) is 0 Å². The minimum Gasteiger partial charge on any atom is -0.192 e. The Labute approximate surface area is 130 Å². The van der Waals surface area contributed by atoms with Crippen LogP contribution in [0.2, 0.25) is 0 Å². The Morgan fingerprint density at radius 2 is 1.23 bits per heavy atom. The molecule has 0 bridgehead atoms. The van der Waals surface area contributed by atoms with Crippen molar-refractivity contribution in [3.05, 3.63) is 107 Å². The van der Waals surface area contributed by atoms with Crippen molar-refractivity contribution in [2.45, 2.75) is 0 Å². The number of nitriles is 1. The summed E-state index contributed by atoms with van der Waals surface area (Å²) in [6, 6.07) is 30.4. The van der Waals surface area contributed by atoms with Gasteiger partial charge in [0.05, 0.1) is 11.6 Å². The van der Waals surface area contributed by atoms with Gasteiger partial charge in [-0.1, -0.05) is 72.8 Å². The van der Waals surface area contributed by atoms with Crippen LogP contribution in [-0.4, -0.2) is 0 Å². The van der Waals surface area contributed by atoms with Gasteiger partial charge in [-0.3, -0.25) is 0 Å². The molecule has 0 saturated carbocycles. The van der Waals surface area contributed by atoms with Crippen LogP contribution in [0.1, 0.15) is 22.3 Å². The van der Waals surface area contributed by atoms with Crippen molar-refractivity contribution < 1.29 is 0 Å². The highest BCUT2D eigenvalue weighted by Gasteiger charge is 2.05. The Morgan fingerprint density at radius 1 is 0.682 bits per heavy atom. The summed E-state index contributed by atoms with van der Waals surface area (Å²) in [6.45, 7) is 0. The second-order valence-corrected chi connectivity index (χ2v) is 5.02. The van der Waals surface area contributed by atoms with Gasteiger partial charge in [-0.25, -0.2) is 0 Å². The van der Waals surface area contributed by atoms with Crippen molar-refractivity contribution in [3.63, 3.8) is 0 Å². The zero-order chi connectivity index (χ0) is 15.2. The quantitative estimate of drug-likeness (QED) is 0.609. The Morgan fingerprint density at radius 3 is 1.82 bits per heavy atom. The molecule has 0 aliphatic carbocycles. The van der Waals surface area contributed by atoms with Gasteiger partial charge in [-0.05, 0) is 40.5 Å². The number of hydrogen-bond acceptors (Lipinski definition) is 1. The SMILES string of the molecule is N#Cc1ccc(/C(=C/c2ccccc2)c2ccccc2)cc1. The maximum Gasteiger partial charge on any atom is 0.0991 e. The molecule has 1 nitrogen and oxygen atoms in total. The summed E-state index contributed by atoms with van der Waals surface area (Å²) in [5.41, 5.74) is 5.25. The summed E-state index contributed by atoms with van der Waals surface area (Å²) in [7, 11) is 0. The summed E-state index contributed by atoms with van der Waals surface area (Å²) < 4.78 is 0. The maximum atomic E-state index is 8.95. The van der Waals surface area contributed by atoms with E-state index >= 15 is 0 Å². The normalized spacial score (nSPS) is 11.0. The van der Waals surface area contributed by atoms with Crippen LogP contribution >= 0.6 is 0 Å². The highest BCUT2D eigenvalue weighted by molar-refractivity contribution is 5.91. The largest absolute Gasteiger partial charge is 0.192 e. The van der Waals surface area contributed by atoms with E-state index in [0.29, 0.717) is 5.56 Å². The third-order valence-electron chi connectivity index (χ3n) is 3.52. The molecule has 0 aliphatic rings. The first-order valence-corrected chi connectivity index (χ1v) is 7.19. The summed E-state index contributed by atoms with van der Waals surface area (Å²) in [4.78, 5) is 0.